The van der Waals surface area contributed by atoms with Crippen molar-refractivity contribution in [1.82, 2.24) is 4.90 Å². The smallest absolute Gasteiger partial charge is 0.115 e. The highest BCUT2D eigenvalue weighted by atomic mass is 16.5. The fourth-order valence-corrected chi connectivity index (χ4v) is 6.64. The maximum atomic E-state index is 9.93. The van der Waals surface area contributed by atoms with Gasteiger partial charge in [-0.3, -0.25) is 0 Å². The van der Waals surface area contributed by atoms with E-state index in [1.807, 2.05) is 12.1 Å². The number of phenolic OH excluding ortho intramolecular Hbond substituents is 1. The average molecular weight is 384 g/mol. The van der Waals surface area contributed by atoms with Crippen LogP contribution in [0.25, 0.3) is 0 Å². The number of nitrogens with zero attached hydrogens (tertiary/aromatic N) is 1. The zero-order valence-electron chi connectivity index (χ0n) is 18.1. The molecule has 1 N–H and O–H groups in total. The molecule has 0 heterocycles. The fourth-order valence-electron chi connectivity index (χ4n) is 6.64. The predicted octanol–water partition coefficient (Wildman–Crippen LogP) is 5.00. The van der Waals surface area contributed by atoms with Crippen molar-refractivity contribution in [2.45, 2.75) is 51.9 Å². The van der Waals surface area contributed by atoms with Crippen LogP contribution in [0, 0.1) is 23.2 Å². The highest BCUT2D eigenvalue weighted by molar-refractivity contribution is 5.41. The highest BCUT2D eigenvalue weighted by Crippen LogP contribution is 2.63. The molecule has 5 atom stereocenters. The van der Waals surface area contributed by atoms with Crippen molar-refractivity contribution in [2.24, 2.45) is 23.2 Å². The second-order valence-corrected chi connectivity index (χ2v) is 9.96. The number of allylic oxidation sites excluding steroid dienone is 1. The van der Waals surface area contributed by atoms with E-state index >= 15 is 0 Å². The molecule has 1 aromatic carbocycles. The van der Waals surface area contributed by atoms with Gasteiger partial charge in [0.25, 0.3) is 0 Å². The predicted molar refractivity (Wildman–Crippen MR) is 115 cm³/mol. The summed E-state index contributed by atoms with van der Waals surface area (Å²) in [6, 6.07) is 6.12. The molecule has 0 spiro atoms. The maximum absolute atomic E-state index is 9.93. The molecule has 0 aliphatic heterocycles. The highest BCUT2D eigenvalue weighted by Gasteiger charge is 2.54. The first-order chi connectivity index (χ1) is 13.4. The van der Waals surface area contributed by atoms with Gasteiger partial charge < -0.3 is 14.7 Å². The van der Waals surface area contributed by atoms with Crippen molar-refractivity contribution in [3.63, 3.8) is 0 Å². The number of hydrogen-bond donors (Lipinski definition) is 1. The molecular weight excluding hydrogens is 346 g/mol. The second-order valence-electron chi connectivity index (χ2n) is 9.96. The minimum absolute atomic E-state index is 0.356. The summed E-state index contributed by atoms with van der Waals surface area (Å²) in [4.78, 5) is 2.17. The SMILES string of the molecule is C[C@@H]1Cc2cc(O)ccc2C2CCC3(C)/C(=C/COCCN(C)C)CCC3C21. The van der Waals surface area contributed by atoms with Gasteiger partial charge in [-0.2, -0.15) is 0 Å². The van der Waals surface area contributed by atoms with Gasteiger partial charge in [-0.05, 0) is 98.5 Å². The Balaban J connectivity index is 1.50. The first-order valence-corrected chi connectivity index (χ1v) is 11.1. The molecule has 28 heavy (non-hydrogen) atoms. The molecule has 0 bridgehead atoms. The van der Waals surface area contributed by atoms with Gasteiger partial charge in [-0.15, -0.1) is 0 Å². The molecule has 3 aliphatic carbocycles. The molecule has 0 saturated heterocycles. The minimum atomic E-state index is 0.356. The summed E-state index contributed by atoms with van der Waals surface area (Å²) in [5, 5.41) is 9.93. The standard InChI is InChI=1S/C25H37NO2/c1-17-15-18-16-20(27)6-7-21(18)22-9-11-25(2)19(5-8-23(25)24(17)22)10-13-28-14-12-26(3)4/h6-7,10,16-17,22-24,27H,5,8-9,11-15H2,1-4H3/b19-10+/t17-,22?,23?,24?,25?/m1/s1. The quantitative estimate of drug-likeness (QED) is 0.574. The number of ether oxygens (including phenoxy) is 1. The monoisotopic (exact) mass is 383 g/mol. The molecule has 0 amide bonds. The van der Waals surface area contributed by atoms with E-state index < -0.39 is 0 Å². The first kappa shape index (κ1) is 20.0. The van der Waals surface area contributed by atoms with Crippen LogP contribution in [-0.4, -0.2) is 43.9 Å². The van der Waals surface area contributed by atoms with Gasteiger partial charge in [0.1, 0.15) is 5.75 Å². The van der Waals surface area contributed by atoms with Crippen LogP contribution in [0.1, 0.15) is 56.6 Å². The van der Waals surface area contributed by atoms with Crippen LogP contribution in [0.5, 0.6) is 5.75 Å². The Hall–Kier alpha value is -1.32. The molecule has 3 heteroatoms. The Labute approximate surface area is 170 Å². The normalized spacial score (nSPS) is 35.7. The van der Waals surface area contributed by atoms with E-state index in [1.54, 1.807) is 5.57 Å². The number of rotatable bonds is 5. The summed E-state index contributed by atoms with van der Waals surface area (Å²) in [5.74, 6) is 3.35. The van der Waals surface area contributed by atoms with Gasteiger partial charge in [0.2, 0.25) is 0 Å². The molecule has 0 aromatic heterocycles. The third-order valence-corrected chi connectivity index (χ3v) is 8.04. The molecule has 2 fully saturated rings. The molecule has 4 rings (SSSR count). The summed E-state index contributed by atoms with van der Waals surface area (Å²) in [7, 11) is 4.18. The number of aromatic hydroxyl groups is 1. The summed E-state index contributed by atoms with van der Waals surface area (Å²) in [6.45, 7) is 7.53. The maximum Gasteiger partial charge on any atom is 0.115 e. The van der Waals surface area contributed by atoms with E-state index in [1.165, 1.54) is 36.8 Å². The lowest BCUT2D eigenvalue weighted by atomic mass is 9.52. The van der Waals surface area contributed by atoms with Crippen LogP contribution in [-0.2, 0) is 11.2 Å². The first-order valence-electron chi connectivity index (χ1n) is 11.1. The van der Waals surface area contributed by atoms with E-state index in [0.29, 0.717) is 23.0 Å². The molecule has 2 saturated carbocycles. The van der Waals surface area contributed by atoms with E-state index in [9.17, 15) is 5.11 Å². The Morgan fingerprint density at radius 1 is 1.29 bits per heavy atom. The van der Waals surface area contributed by atoms with Gasteiger partial charge in [-0.25, -0.2) is 0 Å². The molecule has 154 valence electrons. The number of benzene rings is 1. The Kier molecular flexibility index (Phi) is 5.59. The molecule has 3 aliphatic rings. The van der Waals surface area contributed by atoms with Gasteiger partial charge in [0, 0.05) is 6.54 Å². The second kappa shape index (κ2) is 7.84. The van der Waals surface area contributed by atoms with E-state index in [4.69, 9.17) is 4.74 Å². The zero-order valence-corrected chi connectivity index (χ0v) is 18.1. The number of phenols is 1. The topological polar surface area (TPSA) is 32.7 Å². The van der Waals surface area contributed by atoms with Crippen molar-refractivity contribution in [3.05, 3.63) is 41.0 Å². The van der Waals surface area contributed by atoms with Crippen molar-refractivity contribution in [3.8, 4) is 5.75 Å². The Bertz CT molecular complexity index is 740. The average Bonchev–Trinajstić information content (AvgIpc) is 2.97. The van der Waals surface area contributed by atoms with Crippen LogP contribution >= 0.6 is 0 Å². The Morgan fingerprint density at radius 2 is 2.11 bits per heavy atom. The number of hydrogen-bond acceptors (Lipinski definition) is 3. The van der Waals surface area contributed by atoms with Crippen LogP contribution in [0.4, 0.5) is 0 Å². The van der Waals surface area contributed by atoms with E-state index in [2.05, 4.69) is 45.0 Å². The third kappa shape index (κ3) is 3.52. The van der Waals surface area contributed by atoms with Crippen molar-refractivity contribution >= 4 is 0 Å². The number of fused-ring (bicyclic) bond motifs is 5. The zero-order chi connectivity index (χ0) is 19.9. The Morgan fingerprint density at radius 3 is 2.89 bits per heavy atom. The van der Waals surface area contributed by atoms with E-state index in [0.717, 1.165) is 38.0 Å². The van der Waals surface area contributed by atoms with Gasteiger partial charge >= 0.3 is 0 Å². The van der Waals surface area contributed by atoms with Gasteiger partial charge in [0.15, 0.2) is 0 Å². The summed E-state index contributed by atoms with van der Waals surface area (Å²) < 4.78 is 5.87. The molecule has 4 unspecified atom stereocenters. The van der Waals surface area contributed by atoms with Crippen LogP contribution in [0.15, 0.2) is 29.8 Å². The van der Waals surface area contributed by atoms with Crippen molar-refractivity contribution in [1.29, 1.82) is 0 Å². The van der Waals surface area contributed by atoms with Crippen molar-refractivity contribution in [2.75, 3.05) is 33.9 Å². The van der Waals surface area contributed by atoms with E-state index in [-0.39, 0.29) is 0 Å². The fraction of sp³-hybridized carbons (Fsp3) is 0.680. The summed E-state index contributed by atoms with van der Waals surface area (Å²) in [6.07, 6.45) is 8.67. The van der Waals surface area contributed by atoms with Gasteiger partial charge in [-0.1, -0.05) is 31.6 Å². The third-order valence-electron chi connectivity index (χ3n) is 8.04. The summed E-state index contributed by atoms with van der Waals surface area (Å²) in [5.41, 5.74) is 4.92. The van der Waals surface area contributed by atoms with Gasteiger partial charge in [0.05, 0.1) is 13.2 Å². The largest absolute Gasteiger partial charge is 0.508 e. The lowest BCUT2D eigenvalue weighted by molar-refractivity contribution is 0.0484. The summed E-state index contributed by atoms with van der Waals surface area (Å²) >= 11 is 0. The lowest BCUT2D eigenvalue weighted by Crippen LogP contribution is -2.43. The number of likely N-dealkylation sites (N-methyl/N-ethyl adjacent to an activating group) is 1. The molecule has 0 radical (unpaired) electrons. The van der Waals surface area contributed by atoms with Crippen molar-refractivity contribution < 1.29 is 9.84 Å². The van der Waals surface area contributed by atoms with Crippen LogP contribution < -0.4 is 0 Å². The lowest BCUT2D eigenvalue weighted by Gasteiger charge is -2.52. The minimum Gasteiger partial charge on any atom is -0.508 e. The molecule has 3 nitrogen and oxygen atoms in total. The van der Waals surface area contributed by atoms with Crippen LogP contribution in [0.3, 0.4) is 0 Å². The van der Waals surface area contributed by atoms with Crippen LogP contribution in [0.2, 0.25) is 0 Å². The molecular formula is C25H37NO2. The molecule has 1 aromatic rings.